The van der Waals surface area contributed by atoms with Gasteiger partial charge in [0, 0.05) is 0 Å². The summed E-state index contributed by atoms with van der Waals surface area (Å²) in [4.78, 5) is 14.1. The average Bonchev–Trinajstić information content (AvgIpc) is 1.94. The van der Waals surface area contributed by atoms with Crippen molar-refractivity contribution in [1.82, 2.24) is 4.98 Å². The lowest BCUT2D eigenvalue weighted by molar-refractivity contribution is 0.0995. The van der Waals surface area contributed by atoms with Crippen LogP contribution in [0.2, 0.25) is 0 Å². The Morgan fingerprint density at radius 3 is 2.73 bits per heavy atom. The van der Waals surface area contributed by atoms with Gasteiger partial charge in [0.05, 0.1) is 0 Å². The summed E-state index contributed by atoms with van der Waals surface area (Å²) < 4.78 is 12.7. The van der Waals surface area contributed by atoms with Gasteiger partial charge in [-0.1, -0.05) is 0 Å². The molecule has 0 unspecified atom stereocenters. The van der Waals surface area contributed by atoms with E-state index in [-0.39, 0.29) is 9.39 Å². The molecule has 0 fully saturated rings. The van der Waals surface area contributed by atoms with E-state index in [9.17, 15) is 9.18 Å². The molecule has 0 spiro atoms. The lowest BCUT2D eigenvalue weighted by Gasteiger charge is -1.95. The highest BCUT2D eigenvalue weighted by Gasteiger charge is 2.05. The van der Waals surface area contributed by atoms with E-state index in [1.54, 1.807) is 22.6 Å². The van der Waals surface area contributed by atoms with Gasteiger partial charge in [-0.15, -0.1) is 0 Å². The van der Waals surface area contributed by atoms with Crippen LogP contribution in [0.3, 0.4) is 0 Å². The summed E-state index contributed by atoms with van der Waals surface area (Å²) in [6, 6.07) is 2.41. The average molecular weight is 266 g/mol. The van der Waals surface area contributed by atoms with E-state index in [0.717, 1.165) is 6.07 Å². The molecule has 58 valence electrons. The van der Waals surface area contributed by atoms with Crippen molar-refractivity contribution in [3.05, 3.63) is 27.3 Å². The molecule has 5 heteroatoms. The zero-order valence-corrected chi connectivity index (χ0v) is 7.50. The van der Waals surface area contributed by atoms with E-state index in [1.165, 1.54) is 6.07 Å². The third-order valence-electron chi connectivity index (χ3n) is 1.06. The van der Waals surface area contributed by atoms with E-state index >= 15 is 0 Å². The predicted molar refractivity (Wildman–Crippen MR) is 45.4 cm³/mol. The molecule has 0 radical (unpaired) electrons. The molecule has 0 aromatic carbocycles. The lowest BCUT2D eigenvalue weighted by Crippen LogP contribution is -2.13. The molecule has 1 heterocycles. The maximum Gasteiger partial charge on any atom is 0.267 e. The van der Waals surface area contributed by atoms with Crippen molar-refractivity contribution in [3.8, 4) is 0 Å². The van der Waals surface area contributed by atoms with Gasteiger partial charge in [-0.05, 0) is 34.7 Å². The highest BCUT2D eigenvalue weighted by molar-refractivity contribution is 14.1. The maximum atomic E-state index is 12.5. The van der Waals surface area contributed by atoms with Crippen molar-refractivity contribution in [1.29, 1.82) is 0 Å². The van der Waals surface area contributed by atoms with Gasteiger partial charge in [-0.2, -0.15) is 0 Å². The fourth-order valence-electron chi connectivity index (χ4n) is 0.555. The van der Waals surface area contributed by atoms with Crippen LogP contribution in [0.15, 0.2) is 12.1 Å². The summed E-state index contributed by atoms with van der Waals surface area (Å²) in [5.74, 6) is -1.10. The standard InChI is InChI=1S/C6H4FIN2O/c7-3-1-2-4(6(9)11)10-5(3)8/h1-2H,(H2,9,11). The summed E-state index contributed by atoms with van der Waals surface area (Å²) in [6.07, 6.45) is 0. The number of primary amides is 1. The minimum absolute atomic E-state index is 0.0794. The molecule has 0 aliphatic carbocycles. The van der Waals surface area contributed by atoms with E-state index in [2.05, 4.69) is 4.98 Å². The Hall–Kier alpha value is -0.720. The minimum atomic E-state index is -0.650. The first-order valence-corrected chi connectivity index (χ1v) is 3.81. The molecule has 1 aromatic heterocycles. The molecule has 0 bridgehead atoms. The first-order chi connectivity index (χ1) is 5.11. The summed E-state index contributed by atoms with van der Waals surface area (Å²) in [6.45, 7) is 0. The summed E-state index contributed by atoms with van der Waals surface area (Å²) in [5, 5.41) is 0. The Balaban J connectivity index is 3.15. The number of nitrogens with zero attached hydrogens (tertiary/aromatic N) is 1. The SMILES string of the molecule is NC(=O)c1ccc(F)c(I)n1. The first kappa shape index (κ1) is 8.38. The Morgan fingerprint density at radius 1 is 1.64 bits per heavy atom. The summed E-state index contributed by atoms with van der Waals surface area (Å²) in [7, 11) is 0. The molecule has 0 saturated heterocycles. The highest BCUT2D eigenvalue weighted by atomic mass is 127. The van der Waals surface area contributed by atoms with Crippen molar-refractivity contribution in [2.75, 3.05) is 0 Å². The Bertz CT molecular complexity index is 303. The number of amides is 1. The van der Waals surface area contributed by atoms with Crippen LogP contribution in [0, 0.1) is 9.52 Å². The second-order valence-electron chi connectivity index (χ2n) is 1.83. The normalized spacial score (nSPS) is 9.64. The Morgan fingerprint density at radius 2 is 2.27 bits per heavy atom. The highest BCUT2D eigenvalue weighted by Crippen LogP contribution is 2.07. The zero-order chi connectivity index (χ0) is 8.43. The van der Waals surface area contributed by atoms with E-state index < -0.39 is 11.7 Å². The molecule has 0 atom stereocenters. The van der Waals surface area contributed by atoms with Crippen LogP contribution in [0.1, 0.15) is 10.5 Å². The molecule has 11 heavy (non-hydrogen) atoms. The fourth-order valence-corrected chi connectivity index (χ4v) is 0.994. The maximum absolute atomic E-state index is 12.5. The van der Waals surface area contributed by atoms with Crippen LogP contribution < -0.4 is 5.73 Å². The number of nitrogens with two attached hydrogens (primary N) is 1. The van der Waals surface area contributed by atoms with Gasteiger partial charge in [0.15, 0.2) is 5.82 Å². The molecule has 0 aliphatic heterocycles. The third kappa shape index (κ3) is 1.86. The van der Waals surface area contributed by atoms with E-state index in [1.807, 2.05) is 0 Å². The minimum Gasteiger partial charge on any atom is -0.364 e. The number of hydrogen-bond donors (Lipinski definition) is 1. The molecule has 1 aromatic rings. The molecule has 0 saturated carbocycles. The van der Waals surface area contributed by atoms with Crippen LogP contribution >= 0.6 is 22.6 Å². The summed E-state index contributed by atoms with van der Waals surface area (Å²) in [5.41, 5.74) is 4.98. The quantitative estimate of drug-likeness (QED) is 0.607. The van der Waals surface area contributed by atoms with Crippen molar-refractivity contribution in [2.45, 2.75) is 0 Å². The van der Waals surface area contributed by atoms with Crippen LogP contribution in [0.4, 0.5) is 4.39 Å². The van der Waals surface area contributed by atoms with Crippen molar-refractivity contribution >= 4 is 28.5 Å². The zero-order valence-electron chi connectivity index (χ0n) is 5.34. The molecule has 1 rings (SSSR count). The topological polar surface area (TPSA) is 56.0 Å². The molecular formula is C6H4FIN2O. The molecule has 3 nitrogen and oxygen atoms in total. The van der Waals surface area contributed by atoms with Crippen molar-refractivity contribution in [2.24, 2.45) is 5.73 Å². The van der Waals surface area contributed by atoms with Gasteiger partial charge in [-0.25, -0.2) is 9.37 Å². The van der Waals surface area contributed by atoms with E-state index in [4.69, 9.17) is 5.73 Å². The molecule has 1 amide bonds. The number of pyridine rings is 1. The third-order valence-corrected chi connectivity index (χ3v) is 1.81. The number of carbonyl (C=O) groups is 1. The number of hydrogen-bond acceptors (Lipinski definition) is 2. The number of halogens is 2. The van der Waals surface area contributed by atoms with Crippen LogP contribution in [0.25, 0.3) is 0 Å². The van der Waals surface area contributed by atoms with E-state index in [0.29, 0.717) is 0 Å². The second-order valence-corrected chi connectivity index (χ2v) is 2.86. The summed E-state index contributed by atoms with van der Waals surface area (Å²) >= 11 is 1.69. The van der Waals surface area contributed by atoms with Crippen molar-refractivity contribution in [3.63, 3.8) is 0 Å². The lowest BCUT2D eigenvalue weighted by atomic mass is 10.3. The predicted octanol–water partition coefficient (Wildman–Crippen LogP) is 0.924. The van der Waals surface area contributed by atoms with Crippen LogP contribution in [0.5, 0.6) is 0 Å². The van der Waals surface area contributed by atoms with Crippen LogP contribution in [-0.2, 0) is 0 Å². The molecule has 0 aliphatic rings. The number of aromatic nitrogens is 1. The fraction of sp³-hybridized carbons (Fsp3) is 0. The molecule has 2 N–H and O–H groups in total. The Kier molecular flexibility index (Phi) is 2.38. The monoisotopic (exact) mass is 266 g/mol. The number of rotatable bonds is 1. The van der Waals surface area contributed by atoms with Gasteiger partial charge >= 0.3 is 0 Å². The largest absolute Gasteiger partial charge is 0.364 e. The van der Waals surface area contributed by atoms with Gasteiger partial charge in [0.2, 0.25) is 0 Å². The smallest absolute Gasteiger partial charge is 0.267 e. The van der Waals surface area contributed by atoms with Crippen molar-refractivity contribution < 1.29 is 9.18 Å². The second kappa shape index (κ2) is 3.12. The number of carbonyl (C=O) groups excluding carboxylic acids is 1. The van der Waals surface area contributed by atoms with Crippen LogP contribution in [-0.4, -0.2) is 10.9 Å². The van der Waals surface area contributed by atoms with Gasteiger partial charge < -0.3 is 5.73 Å². The van der Waals surface area contributed by atoms with Gasteiger partial charge in [-0.3, -0.25) is 4.79 Å². The Labute approximate surface area is 75.9 Å². The first-order valence-electron chi connectivity index (χ1n) is 2.73. The van der Waals surface area contributed by atoms with Gasteiger partial charge in [0.25, 0.3) is 5.91 Å². The molecular weight excluding hydrogens is 262 g/mol. The van der Waals surface area contributed by atoms with Gasteiger partial charge in [0.1, 0.15) is 9.39 Å².